The quantitative estimate of drug-likeness (QED) is 0.0325. The third-order valence-electron chi connectivity index (χ3n) is 30.5. The van der Waals surface area contributed by atoms with Crippen molar-refractivity contribution in [3.63, 3.8) is 0 Å². The molecule has 4 aromatic rings. The summed E-state index contributed by atoms with van der Waals surface area (Å²) in [7, 11) is 32.1. The van der Waals surface area contributed by atoms with Crippen molar-refractivity contribution in [3.05, 3.63) is 156 Å². The smallest absolute Gasteiger partial charge is 0 e. The minimum absolute atomic E-state index is 0. The summed E-state index contributed by atoms with van der Waals surface area (Å²) in [5.41, 5.74) is 18.5. The van der Waals surface area contributed by atoms with E-state index >= 15 is 0 Å². The SMILES string of the molecule is CC1C(C)C(C)C(C)C1C.CC1C(C)C(C)C(C)C1C.CC1C(C)C(C)C(C)C1C.CC1C(C)C(C)C(C)C1C.CO.CO.CO.CO.Cc1c(C(C)C)cc(CN(CCN(C)C)Cc2cc(C(C)C)c(O)c(C(C)C)c2)cc1C(C)C.Cc1c(C(C)C)cc(CN(CCN(C)C)Cc2cc(C(C)C)c(O)c(C(C)C)c2)cc1C(C)C.O.O.[CH3-].[CH3-].[CH3-].[CH3-].[Cl][Ti][Cl].[Cl][Ti][Cl].[Ti].[Ti]. The van der Waals surface area contributed by atoms with Gasteiger partial charge in [0, 0.05) is 124 Å². The second-order valence-corrected chi connectivity index (χ2v) is 45.8. The molecule has 0 radical (unpaired) electrons. The Morgan fingerprint density at radius 3 is 0.438 bits per heavy atom. The number of rotatable bonds is 22. The summed E-state index contributed by atoms with van der Waals surface area (Å²) in [5.74, 6) is 22.9. The monoisotopic (exact) mass is 2050 g/mol. The predicted molar refractivity (Wildman–Crippen MR) is 569 cm³/mol. The molecule has 0 aromatic heterocycles. The van der Waals surface area contributed by atoms with E-state index in [0.717, 1.165) is 221 Å². The number of aromatic hydroxyl groups is 2. The van der Waals surface area contributed by atoms with Gasteiger partial charge in [-0.15, -0.1) is 0 Å². The fraction of sp³-hybridized carbons (Fsp3) is 0.745. The number of phenolic OH excluding ortho intramolecular Hbond substituents is 2. The maximum Gasteiger partial charge on any atom is 0 e. The van der Waals surface area contributed by atoms with Gasteiger partial charge >= 0.3 is 71.3 Å². The molecule has 0 aliphatic heterocycles. The van der Waals surface area contributed by atoms with Crippen LogP contribution >= 0.6 is 37.2 Å². The van der Waals surface area contributed by atoms with Gasteiger partial charge in [-0.25, -0.2) is 0 Å². The van der Waals surface area contributed by atoms with Crippen molar-refractivity contribution in [3.8, 4) is 11.5 Å². The molecular weight excluding hydrogens is 1840 g/mol. The van der Waals surface area contributed by atoms with Crippen LogP contribution in [0.2, 0.25) is 0 Å². The summed E-state index contributed by atoms with van der Waals surface area (Å²) in [6, 6.07) is 18.6. The van der Waals surface area contributed by atoms with Crippen molar-refractivity contribution < 1.29 is 119 Å². The summed E-state index contributed by atoms with van der Waals surface area (Å²) in [6.07, 6.45) is 0. The molecule has 0 heterocycles. The van der Waals surface area contributed by atoms with Gasteiger partial charge in [0.1, 0.15) is 11.5 Å². The largest absolute Gasteiger partial charge is 0 e. The Hall–Kier alpha value is 0.0971. The van der Waals surface area contributed by atoms with Crippen molar-refractivity contribution in [1.29, 1.82) is 0 Å². The van der Waals surface area contributed by atoms with Gasteiger partial charge in [-0.3, -0.25) is 9.80 Å². The van der Waals surface area contributed by atoms with Crippen molar-refractivity contribution >= 4 is 37.2 Å². The first-order valence-corrected chi connectivity index (χ1v) is 55.7. The molecule has 130 heavy (non-hydrogen) atoms. The number of aliphatic hydroxyl groups is 4. The molecule has 0 amide bonds. The molecule has 0 unspecified atom stereocenters. The zero-order valence-electron chi connectivity index (χ0n) is 93.4. The molecule has 8 rings (SSSR count). The topological polar surface area (TPSA) is 197 Å². The van der Waals surface area contributed by atoms with E-state index in [9.17, 15) is 10.2 Å². The Kier molecular flexibility index (Phi) is 96.4. The molecule has 4 fully saturated rings. The second-order valence-electron chi connectivity index (χ2n) is 40.6. The Labute approximate surface area is 873 Å². The van der Waals surface area contributed by atoms with Crippen LogP contribution in [0.5, 0.6) is 11.5 Å². The van der Waals surface area contributed by atoms with Gasteiger partial charge in [-0.05, 0) is 286 Å². The molecule has 4 aliphatic carbocycles. The normalized spacial score (nSPS) is 24.0. The van der Waals surface area contributed by atoms with Gasteiger partial charge in [0.2, 0.25) is 0 Å². The number of hydrogen-bond donors (Lipinski definition) is 6. The summed E-state index contributed by atoms with van der Waals surface area (Å²) in [4.78, 5) is 9.66. The van der Waals surface area contributed by atoms with E-state index in [1.807, 2.05) is 0 Å². The number of benzene rings is 4. The van der Waals surface area contributed by atoms with Crippen LogP contribution in [0.1, 0.15) is 374 Å². The average Bonchev–Trinajstić information content (AvgIpc) is 1.53. The van der Waals surface area contributed by atoms with E-state index in [1.165, 1.54) is 55.6 Å². The van der Waals surface area contributed by atoms with Crippen LogP contribution < -0.4 is 0 Å². The molecule has 4 saturated carbocycles. The van der Waals surface area contributed by atoms with Crippen LogP contribution in [0, 0.1) is 162 Å². The van der Waals surface area contributed by atoms with Gasteiger partial charge in [0.25, 0.3) is 0 Å². The number of aliphatic hydroxyl groups excluding tert-OH is 4. The third kappa shape index (κ3) is 50.7. The summed E-state index contributed by atoms with van der Waals surface area (Å²) >= 11 is -1.11. The molecule has 768 valence electrons. The van der Waals surface area contributed by atoms with Gasteiger partial charge in [0.15, 0.2) is 0 Å². The molecule has 20 heteroatoms. The minimum Gasteiger partial charge on any atom is 0 e. The maximum atomic E-state index is 10.9. The van der Waals surface area contributed by atoms with E-state index in [4.69, 9.17) is 57.6 Å². The predicted octanol–water partition coefficient (Wildman–Crippen LogP) is 29.6. The fourth-order valence-corrected chi connectivity index (χ4v) is 19.4. The molecule has 4 aliphatic rings. The van der Waals surface area contributed by atoms with Crippen molar-refractivity contribution in [2.24, 2.45) is 118 Å². The standard InChI is InChI=1S/2C31H50N2O.4C10H20.4CH4O.4CH3.4ClH.2H2O.4Ti/c2*1-20(2)27-14-25(15-28(21(3)4)24(27)9)18-33(13-12-32(10)11)19-26-16-29(22(5)6)31(34)30(17-26)23(7)8;4*1-6-7(2)9(4)10(5)8(6)3;4*1-2;;;;;;;;;;;;;;/h2*14-17,20-23,34H,12-13,18-19H2,1-11H3;4*6-10H,1-5H3;4*2H,1H3;4*1H3;4*1H;2*1H2;;;;/q;;;;;;;;;;4*-1;;;;;;;;;2*+2/p-4. The summed E-state index contributed by atoms with van der Waals surface area (Å²) in [5, 5.41) is 49.7. The van der Waals surface area contributed by atoms with E-state index in [2.05, 4.69) is 359 Å². The molecule has 10 N–H and O–H groups in total. The van der Waals surface area contributed by atoms with Gasteiger partial charge in [-0.2, -0.15) is 0 Å². The van der Waals surface area contributed by atoms with Crippen LogP contribution in [0.25, 0.3) is 0 Å². The maximum absolute atomic E-state index is 10.9. The number of halogens is 4. The third-order valence-corrected chi connectivity index (χ3v) is 30.5. The molecule has 0 atom stereocenters. The first-order chi connectivity index (χ1) is 56.7. The Balaban J connectivity index is -0.000000133. The van der Waals surface area contributed by atoms with Crippen molar-refractivity contribution in [1.82, 2.24) is 19.6 Å². The van der Waals surface area contributed by atoms with Gasteiger partial charge in [-0.1, -0.05) is 298 Å². The minimum atomic E-state index is -0.556. The van der Waals surface area contributed by atoms with Crippen LogP contribution in [0.15, 0.2) is 48.5 Å². The van der Waals surface area contributed by atoms with E-state index in [0.29, 0.717) is 58.8 Å². The van der Waals surface area contributed by atoms with Crippen molar-refractivity contribution in [2.75, 3.05) is 82.8 Å². The van der Waals surface area contributed by atoms with Crippen LogP contribution in [-0.4, -0.2) is 144 Å². The van der Waals surface area contributed by atoms with Crippen LogP contribution in [0.4, 0.5) is 0 Å². The fourth-order valence-electron chi connectivity index (χ4n) is 19.4. The second kappa shape index (κ2) is 80.6. The van der Waals surface area contributed by atoms with E-state index in [-0.39, 0.29) is 84.1 Å². The van der Waals surface area contributed by atoms with E-state index in [1.54, 1.807) is 0 Å². The zero-order chi connectivity index (χ0) is 96.4. The molecule has 0 spiro atoms. The number of likely N-dealkylation sites (N-methyl/N-ethyl adjacent to an activating group) is 2. The molecule has 12 nitrogen and oxygen atoms in total. The Bertz CT molecular complexity index is 2670. The van der Waals surface area contributed by atoms with E-state index < -0.39 is 34.1 Å². The summed E-state index contributed by atoms with van der Waals surface area (Å²) in [6.45, 7) is 96.0. The number of phenols is 2. The van der Waals surface area contributed by atoms with Crippen LogP contribution in [0.3, 0.4) is 0 Å². The molecular formula is C110H212Cl4N4O8Ti4-4. The number of hydrogen-bond acceptors (Lipinski definition) is 10. The Morgan fingerprint density at radius 1 is 0.246 bits per heavy atom. The van der Waals surface area contributed by atoms with Gasteiger partial charge < -0.3 is 81.1 Å². The summed E-state index contributed by atoms with van der Waals surface area (Å²) < 4.78 is 0. The molecule has 0 bridgehead atoms. The molecule has 0 saturated heterocycles. The average molecular weight is 2050 g/mol. The van der Waals surface area contributed by atoms with Gasteiger partial charge in [0.05, 0.1) is 0 Å². The number of nitrogens with zero attached hydrogens (tertiary/aromatic N) is 4. The molecule has 4 aromatic carbocycles. The van der Waals surface area contributed by atoms with Crippen LogP contribution in [-0.2, 0) is 104 Å². The van der Waals surface area contributed by atoms with Crippen molar-refractivity contribution in [2.45, 2.75) is 337 Å². The first kappa shape index (κ1) is 155. The Morgan fingerprint density at radius 2 is 0.346 bits per heavy atom. The first-order valence-electron chi connectivity index (χ1n) is 47.1. The zero-order valence-corrected chi connectivity index (χ0v) is 103.